The topological polar surface area (TPSA) is 97.7 Å². The fourth-order valence-corrected chi connectivity index (χ4v) is 3.65. The van der Waals surface area contributed by atoms with Gasteiger partial charge < -0.3 is 10.1 Å². The first kappa shape index (κ1) is 22.3. The highest BCUT2D eigenvalue weighted by atomic mass is 32.1. The molecule has 0 fully saturated rings. The Morgan fingerprint density at radius 3 is 2.73 bits per heavy atom. The van der Waals surface area contributed by atoms with E-state index in [0.29, 0.717) is 35.3 Å². The Morgan fingerprint density at radius 1 is 1.15 bits per heavy atom. The van der Waals surface area contributed by atoms with Crippen LogP contribution in [0.4, 0.5) is 5.69 Å². The third-order valence-electron chi connectivity index (χ3n) is 4.96. The van der Waals surface area contributed by atoms with Gasteiger partial charge in [-0.1, -0.05) is 12.1 Å². The summed E-state index contributed by atoms with van der Waals surface area (Å²) in [5.41, 5.74) is 3.31. The first-order chi connectivity index (χ1) is 16.0. The first-order valence-corrected chi connectivity index (χ1v) is 11.0. The van der Waals surface area contributed by atoms with Gasteiger partial charge in [-0.15, -0.1) is 0 Å². The third kappa shape index (κ3) is 5.50. The summed E-state index contributed by atoms with van der Waals surface area (Å²) in [6, 6.07) is 17.1. The van der Waals surface area contributed by atoms with Gasteiger partial charge in [-0.2, -0.15) is 5.10 Å². The second kappa shape index (κ2) is 10.2. The van der Waals surface area contributed by atoms with E-state index in [1.54, 1.807) is 6.20 Å². The molecule has 4 aromatic rings. The lowest BCUT2D eigenvalue weighted by atomic mass is 10.1. The number of carbonyl (C=O) groups excluding carboxylic acids is 1. The van der Waals surface area contributed by atoms with Crippen LogP contribution in [0.15, 0.2) is 60.8 Å². The third-order valence-corrected chi connectivity index (χ3v) is 5.27. The van der Waals surface area contributed by atoms with E-state index in [0.717, 1.165) is 22.6 Å². The van der Waals surface area contributed by atoms with E-state index in [4.69, 9.17) is 17.0 Å². The zero-order valence-corrected chi connectivity index (χ0v) is 19.2. The summed E-state index contributed by atoms with van der Waals surface area (Å²) in [5, 5.41) is 10.1. The Morgan fingerprint density at radius 2 is 1.97 bits per heavy atom. The lowest BCUT2D eigenvalue weighted by Gasteiger charge is -2.10. The number of nitrogens with one attached hydrogen (secondary N) is 2. The van der Waals surface area contributed by atoms with E-state index in [1.165, 1.54) is 0 Å². The summed E-state index contributed by atoms with van der Waals surface area (Å²) in [5.74, 6) is 2.05. The van der Waals surface area contributed by atoms with Crippen molar-refractivity contribution < 1.29 is 9.53 Å². The van der Waals surface area contributed by atoms with Crippen molar-refractivity contribution in [3.8, 4) is 28.4 Å². The average Bonchev–Trinajstić information content (AvgIpc) is 3.19. The molecule has 9 heteroatoms. The molecule has 168 valence electrons. The van der Waals surface area contributed by atoms with Gasteiger partial charge >= 0.3 is 0 Å². The van der Waals surface area contributed by atoms with Gasteiger partial charge in [0.1, 0.15) is 11.6 Å². The van der Waals surface area contributed by atoms with E-state index in [1.807, 2.05) is 73.0 Å². The number of nitrogens with zero attached hydrogens (tertiary/aromatic N) is 4. The number of hydrogen-bond donors (Lipinski definition) is 2. The van der Waals surface area contributed by atoms with E-state index >= 15 is 0 Å². The number of carbonyl (C=O) groups is 1. The van der Waals surface area contributed by atoms with Gasteiger partial charge in [-0.25, -0.2) is 9.97 Å². The molecule has 33 heavy (non-hydrogen) atoms. The zero-order valence-electron chi connectivity index (χ0n) is 18.4. The molecule has 2 N–H and O–H groups in total. The van der Waals surface area contributed by atoms with Gasteiger partial charge in [0.05, 0.1) is 12.3 Å². The van der Waals surface area contributed by atoms with Crippen LogP contribution in [0.25, 0.3) is 22.6 Å². The zero-order chi connectivity index (χ0) is 23.2. The first-order valence-electron chi connectivity index (χ1n) is 10.6. The second-order valence-corrected chi connectivity index (χ2v) is 7.72. The number of hydrogen-bond acceptors (Lipinski definition) is 6. The molecule has 0 unspecified atom stereocenters. The number of amides is 1. The number of benzene rings is 2. The highest BCUT2D eigenvalue weighted by Gasteiger charge is 2.12. The van der Waals surface area contributed by atoms with E-state index < -0.39 is 0 Å². The maximum atomic E-state index is 12.7. The molecule has 4 rings (SSSR count). The highest BCUT2D eigenvalue weighted by Crippen LogP contribution is 2.23. The van der Waals surface area contributed by atoms with Crippen LogP contribution >= 0.6 is 12.2 Å². The molecule has 0 saturated carbocycles. The quantitative estimate of drug-likeness (QED) is 0.367. The molecule has 0 atom stereocenters. The van der Waals surface area contributed by atoms with E-state index in [-0.39, 0.29) is 12.3 Å². The summed E-state index contributed by atoms with van der Waals surface area (Å²) < 4.78 is 7.78. The number of rotatable bonds is 8. The van der Waals surface area contributed by atoms with Gasteiger partial charge in [0.25, 0.3) is 0 Å². The van der Waals surface area contributed by atoms with Gasteiger partial charge in [0, 0.05) is 36.0 Å². The molecule has 0 aliphatic carbocycles. The van der Waals surface area contributed by atoms with E-state index in [2.05, 4.69) is 25.5 Å². The summed E-state index contributed by atoms with van der Waals surface area (Å²) in [6.07, 6.45) is 1.97. The Bertz CT molecular complexity index is 1310. The molecule has 2 aromatic carbocycles. The Balaban J connectivity index is 1.43. The van der Waals surface area contributed by atoms with Crippen LogP contribution in [-0.2, 0) is 11.3 Å². The van der Waals surface area contributed by atoms with Crippen molar-refractivity contribution in [1.29, 1.82) is 0 Å². The fourth-order valence-electron chi connectivity index (χ4n) is 3.42. The lowest BCUT2D eigenvalue weighted by Crippen LogP contribution is -2.15. The molecule has 0 radical (unpaired) electrons. The van der Waals surface area contributed by atoms with Gasteiger partial charge in [0.15, 0.2) is 10.6 Å². The number of aryl methyl sites for hydroxylation is 1. The SMILES string of the molecule is CCOc1ccc(-c2n[nH]c(=S)n2CCC(=O)Nc2cccc(-c3ccnc(C)n3)c2)cc1. The van der Waals surface area contributed by atoms with Crippen molar-refractivity contribution in [3.05, 3.63) is 71.4 Å². The van der Waals surface area contributed by atoms with Crippen LogP contribution in [0.2, 0.25) is 0 Å². The van der Waals surface area contributed by atoms with Gasteiger partial charge in [-0.05, 0) is 68.5 Å². The van der Waals surface area contributed by atoms with Crippen LogP contribution in [-0.4, -0.2) is 37.2 Å². The van der Waals surface area contributed by atoms with E-state index in [9.17, 15) is 4.79 Å². The maximum absolute atomic E-state index is 12.7. The highest BCUT2D eigenvalue weighted by molar-refractivity contribution is 7.71. The van der Waals surface area contributed by atoms with Crippen LogP contribution in [0.5, 0.6) is 5.75 Å². The Labute approximate surface area is 196 Å². The van der Waals surface area contributed by atoms with Crippen molar-refractivity contribution in [2.45, 2.75) is 26.8 Å². The minimum absolute atomic E-state index is 0.119. The minimum Gasteiger partial charge on any atom is -0.494 e. The summed E-state index contributed by atoms with van der Waals surface area (Å²) in [7, 11) is 0. The van der Waals surface area contributed by atoms with Crippen molar-refractivity contribution >= 4 is 23.8 Å². The Hall–Kier alpha value is -3.85. The number of aromatic nitrogens is 5. The molecule has 2 aromatic heterocycles. The molecular formula is C24H24N6O2S. The van der Waals surface area contributed by atoms with Crippen LogP contribution in [0.1, 0.15) is 19.2 Å². The molecule has 1 amide bonds. The van der Waals surface area contributed by atoms with Crippen LogP contribution in [0.3, 0.4) is 0 Å². The van der Waals surface area contributed by atoms with Crippen LogP contribution in [0, 0.1) is 11.7 Å². The smallest absolute Gasteiger partial charge is 0.226 e. The molecule has 0 saturated heterocycles. The summed E-state index contributed by atoms with van der Waals surface area (Å²) in [6.45, 7) is 4.79. The fraction of sp³-hybridized carbons (Fsp3) is 0.208. The maximum Gasteiger partial charge on any atom is 0.226 e. The number of anilines is 1. The van der Waals surface area contributed by atoms with Gasteiger partial charge in [-0.3, -0.25) is 14.5 Å². The van der Waals surface area contributed by atoms with Crippen molar-refractivity contribution in [3.63, 3.8) is 0 Å². The van der Waals surface area contributed by atoms with Crippen molar-refractivity contribution in [2.24, 2.45) is 0 Å². The summed E-state index contributed by atoms with van der Waals surface area (Å²) >= 11 is 5.38. The number of H-pyrrole nitrogens is 1. The molecule has 0 spiro atoms. The molecule has 2 heterocycles. The molecule has 0 aliphatic heterocycles. The second-order valence-electron chi connectivity index (χ2n) is 7.33. The van der Waals surface area contributed by atoms with Gasteiger partial charge in [0.2, 0.25) is 5.91 Å². The molecule has 0 bridgehead atoms. The largest absolute Gasteiger partial charge is 0.494 e. The lowest BCUT2D eigenvalue weighted by molar-refractivity contribution is -0.116. The molecular weight excluding hydrogens is 436 g/mol. The standard InChI is InChI=1S/C24H24N6O2S/c1-3-32-20-9-7-17(8-10-20)23-28-29-24(33)30(23)14-12-22(31)27-19-6-4-5-18(15-19)21-11-13-25-16(2)26-21/h4-11,13,15H,3,12,14H2,1-2H3,(H,27,31)(H,29,33). The average molecular weight is 461 g/mol. The normalized spacial score (nSPS) is 10.7. The predicted octanol–water partition coefficient (Wildman–Crippen LogP) is 4.80. The van der Waals surface area contributed by atoms with Crippen molar-refractivity contribution in [1.82, 2.24) is 24.7 Å². The van der Waals surface area contributed by atoms with Crippen molar-refractivity contribution in [2.75, 3.05) is 11.9 Å². The molecule has 8 nitrogen and oxygen atoms in total. The number of ether oxygens (including phenoxy) is 1. The summed E-state index contributed by atoms with van der Waals surface area (Å²) in [4.78, 5) is 21.2. The molecule has 0 aliphatic rings. The number of aromatic amines is 1. The van der Waals surface area contributed by atoms with Crippen LogP contribution < -0.4 is 10.1 Å². The monoisotopic (exact) mass is 460 g/mol. The predicted molar refractivity (Wildman–Crippen MR) is 129 cm³/mol. The Kier molecular flexibility index (Phi) is 6.89. The minimum atomic E-state index is -0.119.